The topological polar surface area (TPSA) is 68.5 Å². The van der Waals surface area contributed by atoms with E-state index in [-0.39, 0.29) is 22.9 Å². The number of aromatic nitrogens is 1. The molecule has 6 heteroatoms. The fourth-order valence-electron chi connectivity index (χ4n) is 2.42. The summed E-state index contributed by atoms with van der Waals surface area (Å²) in [6, 6.07) is 8.38. The van der Waals surface area contributed by atoms with Gasteiger partial charge in [0.15, 0.2) is 0 Å². The SMILES string of the molecule is CCn1c(CC(=O)O)cc(Cl)c1C(=O)c1ccccc1OC. The number of ether oxygens (including phenoxy) is 1. The second-order valence-corrected chi connectivity index (χ2v) is 5.08. The molecule has 0 spiro atoms. The smallest absolute Gasteiger partial charge is 0.309 e. The van der Waals surface area contributed by atoms with E-state index in [0.717, 1.165) is 0 Å². The van der Waals surface area contributed by atoms with Gasteiger partial charge >= 0.3 is 5.97 Å². The second kappa shape index (κ2) is 6.66. The van der Waals surface area contributed by atoms with Crippen molar-refractivity contribution in [3.05, 3.63) is 52.3 Å². The lowest BCUT2D eigenvalue weighted by Crippen LogP contribution is -2.14. The van der Waals surface area contributed by atoms with Crippen molar-refractivity contribution in [3.63, 3.8) is 0 Å². The number of benzene rings is 1. The van der Waals surface area contributed by atoms with Crippen LogP contribution in [0.3, 0.4) is 0 Å². The maximum atomic E-state index is 12.8. The summed E-state index contributed by atoms with van der Waals surface area (Å²) < 4.78 is 6.84. The zero-order chi connectivity index (χ0) is 16.3. The third-order valence-corrected chi connectivity index (χ3v) is 3.64. The summed E-state index contributed by atoms with van der Waals surface area (Å²) in [5.41, 5.74) is 1.17. The van der Waals surface area contributed by atoms with Gasteiger partial charge < -0.3 is 14.4 Å². The molecule has 0 amide bonds. The highest BCUT2D eigenvalue weighted by molar-refractivity contribution is 6.35. The van der Waals surface area contributed by atoms with Crippen LogP contribution in [0.25, 0.3) is 0 Å². The number of carboxylic acids is 1. The van der Waals surface area contributed by atoms with Crippen LogP contribution in [-0.2, 0) is 17.8 Å². The predicted octanol–water partition coefficient (Wildman–Crippen LogP) is 3.03. The van der Waals surface area contributed by atoms with Crippen LogP contribution >= 0.6 is 11.6 Å². The molecule has 0 bridgehead atoms. The normalized spacial score (nSPS) is 10.5. The number of carbonyl (C=O) groups excluding carboxylic acids is 1. The van der Waals surface area contributed by atoms with E-state index < -0.39 is 5.97 Å². The highest BCUT2D eigenvalue weighted by atomic mass is 35.5. The Morgan fingerprint density at radius 1 is 1.32 bits per heavy atom. The first-order chi connectivity index (χ1) is 10.5. The van der Waals surface area contributed by atoms with Crippen LogP contribution in [0.2, 0.25) is 5.02 Å². The Morgan fingerprint density at radius 3 is 2.59 bits per heavy atom. The largest absolute Gasteiger partial charge is 0.496 e. The van der Waals surface area contributed by atoms with Crippen molar-refractivity contribution in [2.75, 3.05) is 7.11 Å². The molecule has 0 atom stereocenters. The highest BCUT2D eigenvalue weighted by Crippen LogP contribution is 2.28. The minimum atomic E-state index is -0.972. The molecule has 0 saturated heterocycles. The number of methoxy groups -OCH3 is 1. The van der Waals surface area contributed by atoms with Gasteiger partial charge in [0.1, 0.15) is 11.4 Å². The average molecular weight is 322 g/mol. The van der Waals surface area contributed by atoms with Gasteiger partial charge in [-0.25, -0.2) is 0 Å². The molecule has 0 saturated carbocycles. The molecule has 2 aromatic rings. The Labute approximate surface area is 133 Å². The number of rotatable bonds is 6. The maximum absolute atomic E-state index is 12.8. The van der Waals surface area contributed by atoms with E-state index >= 15 is 0 Å². The van der Waals surface area contributed by atoms with Crippen LogP contribution < -0.4 is 4.74 Å². The summed E-state index contributed by atoms with van der Waals surface area (Å²) in [5, 5.41) is 9.21. The van der Waals surface area contributed by atoms with Crippen LogP contribution in [0.5, 0.6) is 5.75 Å². The number of nitrogens with zero attached hydrogens (tertiary/aromatic N) is 1. The number of hydrogen-bond donors (Lipinski definition) is 1. The molecule has 0 aliphatic heterocycles. The van der Waals surface area contributed by atoms with Crippen LogP contribution in [0.1, 0.15) is 28.7 Å². The number of halogens is 1. The summed E-state index contributed by atoms with van der Waals surface area (Å²) in [6.45, 7) is 2.28. The van der Waals surface area contributed by atoms with Crippen molar-refractivity contribution in [2.24, 2.45) is 0 Å². The zero-order valence-corrected chi connectivity index (χ0v) is 13.1. The minimum absolute atomic E-state index is 0.188. The van der Waals surface area contributed by atoms with Gasteiger partial charge in [-0.1, -0.05) is 23.7 Å². The zero-order valence-electron chi connectivity index (χ0n) is 12.3. The molecule has 116 valence electrons. The van der Waals surface area contributed by atoms with Gasteiger partial charge in [-0.05, 0) is 25.1 Å². The van der Waals surface area contributed by atoms with Gasteiger partial charge in [0.05, 0.1) is 24.1 Å². The van der Waals surface area contributed by atoms with E-state index in [9.17, 15) is 9.59 Å². The third-order valence-electron chi connectivity index (χ3n) is 3.35. The molecule has 1 N–H and O–H groups in total. The Balaban J connectivity index is 2.54. The molecule has 0 aliphatic carbocycles. The van der Waals surface area contributed by atoms with E-state index in [1.54, 1.807) is 28.8 Å². The first-order valence-electron chi connectivity index (χ1n) is 6.77. The van der Waals surface area contributed by atoms with Crippen molar-refractivity contribution >= 4 is 23.4 Å². The lowest BCUT2D eigenvalue weighted by atomic mass is 10.1. The minimum Gasteiger partial charge on any atom is -0.496 e. The molecular formula is C16H16ClNO4. The Morgan fingerprint density at radius 2 is 2.00 bits per heavy atom. The Bertz CT molecular complexity index is 721. The molecule has 1 aromatic heterocycles. The number of carbonyl (C=O) groups is 2. The molecule has 1 heterocycles. The van der Waals surface area contributed by atoms with Gasteiger partial charge in [0.2, 0.25) is 5.78 Å². The molecule has 0 fully saturated rings. The summed E-state index contributed by atoms with van der Waals surface area (Å²) in [5.74, 6) is -0.812. The van der Waals surface area contributed by atoms with E-state index in [4.69, 9.17) is 21.4 Å². The van der Waals surface area contributed by atoms with Crippen molar-refractivity contribution in [2.45, 2.75) is 19.9 Å². The molecule has 22 heavy (non-hydrogen) atoms. The summed E-state index contributed by atoms with van der Waals surface area (Å²) in [7, 11) is 1.49. The Hall–Kier alpha value is -2.27. The highest BCUT2D eigenvalue weighted by Gasteiger charge is 2.23. The van der Waals surface area contributed by atoms with Crippen molar-refractivity contribution < 1.29 is 19.4 Å². The fourth-order valence-corrected chi connectivity index (χ4v) is 2.73. The van der Waals surface area contributed by atoms with Gasteiger partial charge in [0, 0.05) is 12.2 Å². The van der Waals surface area contributed by atoms with Crippen LogP contribution in [0.4, 0.5) is 0 Å². The number of aliphatic carboxylic acids is 1. The van der Waals surface area contributed by atoms with Crippen LogP contribution in [0, 0.1) is 0 Å². The summed E-state index contributed by atoms with van der Waals surface area (Å²) in [6.07, 6.45) is -0.188. The molecular weight excluding hydrogens is 306 g/mol. The lowest BCUT2D eigenvalue weighted by Gasteiger charge is -2.11. The van der Waals surface area contributed by atoms with Gasteiger partial charge in [0.25, 0.3) is 0 Å². The first kappa shape index (κ1) is 16.1. The fraction of sp³-hybridized carbons (Fsp3) is 0.250. The quantitative estimate of drug-likeness (QED) is 0.830. The molecule has 0 radical (unpaired) electrons. The van der Waals surface area contributed by atoms with Crippen LogP contribution in [-0.4, -0.2) is 28.5 Å². The van der Waals surface area contributed by atoms with Gasteiger partial charge in [-0.2, -0.15) is 0 Å². The third kappa shape index (κ3) is 2.99. The first-order valence-corrected chi connectivity index (χ1v) is 7.14. The predicted molar refractivity (Wildman–Crippen MR) is 82.9 cm³/mol. The summed E-state index contributed by atoms with van der Waals surface area (Å²) >= 11 is 6.18. The molecule has 5 nitrogen and oxygen atoms in total. The van der Waals surface area contributed by atoms with Gasteiger partial charge in [-0.3, -0.25) is 9.59 Å². The Kier molecular flexibility index (Phi) is 4.88. The number of para-hydroxylation sites is 1. The summed E-state index contributed by atoms with van der Waals surface area (Å²) in [4.78, 5) is 23.7. The van der Waals surface area contributed by atoms with E-state index in [0.29, 0.717) is 23.6 Å². The van der Waals surface area contributed by atoms with Crippen LogP contribution in [0.15, 0.2) is 30.3 Å². The molecule has 1 aromatic carbocycles. The van der Waals surface area contributed by atoms with E-state index in [1.807, 2.05) is 6.92 Å². The lowest BCUT2D eigenvalue weighted by molar-refractivity contribution is -0.136. The standard InChI is InChI=1S/C16H16ClNO4/c1-3-18-10(9-14(19)20)8-12(17)15(18)16(21)11-6-4-5-7-13(11)22-2/h4-8H,3,9H2,1-2H3,(H,19,20). The molecule has 0 aliphatic rings. The monoisotopic (exact) mass is 321 g/mol. The van der Waals surface area contributed by atoms with E-state index in [1.165, 1.54) is 13.2 Å². The van der Waals surface area contributed by atoms with Crippen molar-refractivity contribution in [1.29, 1.82) is 0 Å². The number of ketones is 1. The molecule has 0 unspecified atom stereocenters. The average Bonchev–Trinajstić information content (AvgIpc) is 2.80. The molecule has 2 rings (SSSR count). The maximum Gasteiger partial charge on any atom is 0.309 e. The van der Waals surface area contributed by atoms with Crippen molar-refractivity contribution in [3.8, 4) is 5.75 Å². The second-order valence-electron chi connectivity index (χ2n) is 4.68. The number of carboxylic acid groups (broad SMARTS) is 1. The van der Waals surface area contributed by atoms with Gasteiger partial charge in [-0.15, -0.1) is 0 Å². The number of hydrogen-bond acceptors (Lipinski definition) is 3. The van der Waals surface area contributed by atoms with E-state index in [2.05, 4.69) is 0 Å². The van der Waals surface area contributed by atoms with Crippen molar-refractivity contribution in [1.82, 2.24) is 4.57 Å².